The van der Waals surface area contributed by atoms with Crippen LogP contribution in [0.2, 0.25) is 0 Å². The Kier molecular flexibility index (Phi) is 5.96. The van der Waals surface area contributed by atoms with E-state index in [1.54, 1.807) is 13.1 Å². The molecule has 1 fully saturated rings. The van der Waals surface area contributed by atoms with E-state index < -0.39 is 11.7 Å². The largest absolute Gasteiger partial charge is 0.416 e. The van der Waals surface area contributed by atoms with Crippen molar-refractivity contribution in [2.45, 2.75) is 50.7 Å². The van der Waals surface area contributed by atoms with Gasteiger partial charge >= 0.3 is 6.18 Å². The first-order chi connectivity index (χ1) is 13.4. The predicted molar refractivity (Wildman–Crippen MR) is 101 cm³/mol. The Morgan fingerprint density at radius 1 is 1.25 bits per heavy atom. The van der Waals surface area contributed by atoms with E-state index in [0.717, 1.165) is 43.0 Å². The number of rotatable bonds is 6. The van der Waals surface area contributed by atoms with Crippen LogP contribution >= 0.6 is 0 Å². The van der Waals surface area contributed by atoms with Gasteiger partial charge in [-0.3, -0.25) is 4.99 Å². The lowest BCUT2D eigenvalue weighted by Crippen LogP contribution is -2.48. The van der Waals surface area contributed by atoms with Crippen LogP contribution in [-0.4, -0.2) is 24.7 Å². The van der Waals surface area contributed by atoms with E-state index >= 15 is 0 Å². The summed E-state index contributed by atoms with van der Waals surface area (Å²) in [5.74, 6) is 1.28. The van der Waals surface area contributed by atoms with Crippen molar-refractivity contribution in [1.29, 1.82) is 0 Å². The summed E-state index contributed by atoms with van der Waals surface area (Å²) in [6.45, 7) is 2.95. The molecule has 0 spiro atoms. The van der Waals surface area contributed by atoms with Crippen molar-refractivity contribution in [3.8, 4) is 0 Å². The molecule has 0 bridgehead atoms. The van der Waals surface area contributed by atoms with Crippen molar-refractivity contribution in [1.82, 2.24) is 15.8 Å². The van der Waals surface area contributed by atoms with E-state index in [2.05, 4.69) is 20.8 Å². The van der Waals surface area contributed by atoms with Crippen LogP contribution in [-0.2, 0) is 24.6 Å². The Bertz CT molecular complexity index is 825. The van der Waals surface area contributed by atoms with Crippen LogP contribution in [0.5, 0.6) is 0 Å². The molecule has 1 heterocycles. The molecule has 8 heteroatoms. The third kappa shape index (κ3) is 4.48. The quantitative estimate of drug-likeness (QED) is 0.573. The average molecular weight is 394 g/mol. The van der Waals surface area contributed by atoms with Gasteiger partial charge < -0.3 is 15.2 Å². The first kappa shape index (κ1) is 20.2. The zero-order valence-electron chi connectivity index (χ0n) is 16.1. The van der Waals surface area contributed by atoms with Crippen LogP contribution in [0.1, 0.15) is 48.8 Å². The molecule has 0 radical (unpaired) electrons. The molecule has 5 nitrogen and oxygen atoms in total. The molecule has 1 aliphatic carbocycles. The number of aliphatic imine (C=N–C) groups is 1. The number of hydrogen-bond donors (Lipinski definition) is 2. The highest BCUT2D eigenvalue weighted by Crippen LogP contribution is 2.44. The Hall–Kier alpha value is -2.51. The Morgan fingerprint density at radius 3 is 2.61 bits per heavy atom. The Labute approximate surface area is 162 Å². The maximum atomic E-state index is 13.1. The number of guanidine groups is 1. The van der Waals surface area contributed by atoms with Gasteiger partial charge in [-0.25, -0.2) is 0 Å². The molecule has 28 heavy (non-hydrogen) atoms. The second-order valence-electron chi connectivity index (χ2n) is 7.13. The smallest absolute Gasteiger partial charge is 0.359 e. The van der Waals surface area contributed by atoms with Crippen LogP contribution < -0.4 is 10.6 Å². The van der Waals surface area contributed by atoms with Crippen LogP contribution in [0.25, 0.3) is 0 Å². The molecule has 1 aromatic carbocycles. The van der Waals surface area contributed by atoms with Crippen molar-refractivity contribution >= 4 is 5.96 Å². The normalized spacial score (nSPS) is 16.5. The first-order valence-corrected chi connectivity index (χ1v) is 9.43. The number of aryl methyl sites for hydroxylation is 1. The zero-order valence-corrected chi connectivity index (χ0v) is 16.1. The van der Waals surface area contributed by atoms with Gasteiger partial charge in [0.1, 0.15) is 0 Å². The summed E-state index contributed by atoms with van der Waals surface area (Å²) >= 11 is 0. The van der Waals surface area contributed by atoms with Gasteiger partial charge in [-0.1, -0.05) is 36.7 Å². The van der Waals surface area contributed by atoms with Gasteiger partial charge in [0.25, 0.3) is 0 Å². The average Bonchev–Trinajstić information content (AvgIpc) is 3.11. The number of hydrogen-bond acceptors (Lipinski definition) is 3. The summed E-state index contributed by atoms with van der Waals surface area (Å²) < 4.78 is 44.5. The molecule has 3 rings (SSSR count). The molecule has 2 aromatic rings. The summed E-state index contributed by atoms with van der Waals surface area (Å²) in [5.41, 5.74) is 0.702. The highest BCUT2D eigenvalue weighted by molar-refractivity contribution is 5.79. The van der Waals surface area contributed by atoms with E-state index in [0.29, 0.717) is 24.8 Å². The van der Waals surface area contributed by atoms with Gasteiger partial charge in [-0.15, -0.1) is 0 Å². The molecule has 1 aliphatic rings. The van der Waals surface area contributed by atoms with Gasteiger partial charge in [-0.2, -0.15) is 13.2 Å². The third-order valence-corrected chi connectivity index (χ3v) is 5.33. The fraction of sp³-hybridized carbons (Fsp3) is 0.500. The maximum Gasteiger partial charge on any atom is 0.416 e. The SMILES string of the molecule is CCc1cc(CNC(=NC)NCC2(c3cccc(C(F)(F)F)c3)CCC2)on1. The summed E-state index contributed by atoms with van der Waals surface area (Å²) in [6, 6.07) is 7.55. The topological polar surface area (TPSA) is 62.5 Å². The Balaban J connectivity index is 1.63. The number of aromatic nitrogens is 1. The Morgan fingerprint density at radius 2 is 2.04 bits per heavy atom. The van der Waals surface area contributed by atoms with E-state index in [1.165, 1.54) is 12.1 Å². The molecule has 0 amide bonds. The predicted octanol–water partition coefficient (Wildman–Crippen LogP) is 4.04. The molecule has 1 saturated carbocycles. The van der Waals surface area contributed by atoms with Crippen molar-refractivity contribution in [3.63, 3.8) is 0 Å². The summed E-state index contributed by atoms with van der Waals surface area (Å²) in [5, 5.41) is 10.4. The lowest BCUT2D eigenvalue weighted by Gasteiger charge is -2.43. The van der Waals surface area contributed by atoms with Crippen molar-refractivity contribution < 1.29 is 17.7 Å². The van der Waals surface area contributed by atoms with Gasteiger partial charge in [0.15, 0.2) is 11.7 Å². The van der Waals surface area contributed by atoms with Crippen LogP contribution in [0.3, 0.4) is 0 Å². The van der Waals surface area contributed by atoms with E-state index in [9.17, 15) is 13.2 Å². The minimum Gasteiger partial charge on any atom is -0.359 e. The van der Waals surface area contributed by atoms with Crippen LogP contribution in [0.15, 0.2) is 39.8 Å². The van der Waals surface area contributed by atoms with Crippen LogP contribution in [0.4, 0.5) is 13.2 Å². The third-order valence-electron chi connectivity index (χ3n) is 5.33. The van der Waals surface area contributed by atoms with Crippen molar-refractivity contribution in [3.05, 3.63) is 52.9 Å². The lowest BCUT2D eigenvalue weighted by molar-refractivity contribution is -0.137. The summed E-state index contributed by atoms with van der Waals surface area (Å²) in [4.78, 5) is 4.19. The zero-order chi connectivity index (χ0) is 20.2. The summed E-state index contributed by atoms with van der Waals surface area (Å²) in [7, 11) is 1.66. The molecule has 0 unspecified atom stereocenters. The molecule has 0 aliphatic heterocycles. The minimum atomic E-state index is -4.33. The minimum absolute atomic E-state index is 0.305. The fourth-order valence-electron chi connectivity index (χ4n) is 3.45. The number of halogens is 3. The molecular formula is C20H25F3N4O. The number of nitrogens with one attached hydrogen (secondary N) is 2. The first-order valence-electron chi connectivity index (χ1n) is 9.43. The van der Waals surface area contributed by atoms with Gasteiger partial charge in [0.2, 0.25) is 0 Å². The number of benzene rings is 1. The van der Waals surface area contributed by atoms with E-state index in [-0.39, 0.29) is 5.41 Å². The van der Waals surface area contributed by atoms with Crippen molar-refractivity contribution in [2.24, 2.45) is 4.99 Å². The molecular weight excluding hydrogens is 369 g/mol. The van der Waals surface area contributed by atoms with Crippen LogP contribution in [0, 0.1) is 0 Å². The second-order valence-corrected chi connectivity index (χ2v) is 7.13. The number of nitrogens with zero attached hydrogens (tertiary/aromatic N) is 2. The van der Waals surface area contributed by atoms with E-state index in [4.69, 9.17) is 4.52 Å². The molecule has 0 atom stereocenters. The lowest BCUT2D eigenvalue weighted by atomic mass is 9.64. The standard InChI is InChI=1S/C20H25F3N4O/c1-3-16-11-17(28-27-16)12-25-18(24-2)26-13-19(8-5-9-19)14-6-4-7-15(10-14)20(21,22)23/h4,6-7,10-11H,3,5,8-9,12-13H2,1-2H3,(H2,24,25,26). The highest BCUT2D eigenvalue weighted by atomic mass is 19.4. The number of alkyl halides is 3. The van der Waals surface area contributed by atoms with E-state index in [1.807, 2.05) is 13.0 Å². The molecule has 1 aromatic heterocycles. The monoisotopic (exact) mass is 394 g/mol. The fourth-order valence-corrected chi connectivity index (χ4v) is 3.45. The van der Waals surface area contributed by atoms with Gasteiger partial charge in [-0.05, 0) is 30.9 Å². The summed E-state index contributed by atoms with van der Waals surface area (Å²) in [6.07, 6.45) is -0.835. The van der Waals surface area contributed by atoms with Gasteiger partial charge in [0, 0.05) is 25.1 Å². The molecule has 152 valence electrons. The van der Waals surface area contributed by atoms with Gasteiger partial charge in [0.05, 0.1) is 17.8 Å². The van der Waals surface area contributed by atoms with Crippen molar-refractivity contribution in [2.75, 3.05) is 13.6 Å². The highest BCUT2D eigenvalue weighted by Gasteiger charge is 2.40. The maximum absolute atomic E-state index is 13.1. The second kappa shape index (κ2) is 8.24. The molecule has 0 saturated heterocycles. The molecule has 2 N–H and O–H groups in total.